The van der Waals surface area contributed by atoms with Crippen LogP contribution in [0, 0.1) is 0 Å². The van der Waals surface area contributed by atoms with E-state index in [0.717, 1.165) is 12.1 Å². The zero-order valence-corrected chi connectivity index (χ0v) is 16.2. The van der Waals surface area contributed by atoms with Gasteiger partial charge in [-0.2, -0.15) is 0 Å². The highest BCUT2D eigenvalue weighted by molar-refractivity contribution is 5.86. The zero-order valence-electron chi connectivity index (χ0n) is 16.2. The lowest BCUT2D eigenvalue weighted by molar-refractivity contribution is -0.271. The maximum absolute atomic E-state index is 12.5. The molecule has 0 spiro atoms. The minimum absolute atomic E-state index is 0.0169. The summed E-state index contributed by atoms with van der Waals surface area (Å²) in [6.45, 7) is 0. The van der Waals surface area contributed by atoms with Gasteiger partial charge in [-0.15, -0.1) is 0 Å². The first-order valence-corrected chi connectivity index (χ1v) is 9.35. The van der Waals surface area contributed by atoms with Crippen molar-refractivity contribution in [3.8, 4) is 28.6 Å². The number of hydrogen-bond donors (Lipinski definition) is 6. The van der Waals surface area contributed by atoms with E-state index in [9.17, 15) is 35.1 Å². The molecule has 32 heavy (non-hydrogen) atoms. The van der Waals surface area contributed by atoms with Crippen molar-refractivity contribution < 1.29 is 49.3 Å². The molecule has 11 nitrogen and oxygen atoms in total. The molecule has 1 fully saturated rings. The first-order valence-electron chi connectivity index (χ1n) is 9.35. The van der Waals surface area contributed by atoms with Gasteiger partial charge >= 0.3 is 5.97 Å². The van der Waals surface area contributed by atoms with E-state index in [1.807, 2.05) is 0 Å². The van der Waals surface area contributed by atoms with Crippen LogP contribution in [0.4, 0.5) is 0 Å². The third kappa shape index (κ3) is 3.85. The normalized spacial score (nSPS) is 25.5. The third-order valence-corrected chi connectivity index (χ3v) is 5.00. The van der Waals surface area contributed by atoms with Crippen LogP contribution in [-0.2, 0) is 9.53 Å². The Labute approximate surface area is 178 Å². The van der Waals surface area contributed by atoms with Crippen LogP contribution >= 0.6 is 0 Å². The van der Waals surface area contributed by atoms with Crippen molar-refractivity contribution in [3.05, 3.63) is 52.7 Å². The van der Waals surface area contributed by atoms with Crippen LogP contribution < -0.4 is 10.2 Å². The molecule has 1 aromatic heterocycles. The first kappa shape index (κ1) is 21.6. The average molecular weight is 446 g/mol. The van der Waals surface area contributed by atoms with Crippen LogP contribution in [-0.4, -0.2) is 67.3 Å². The number of ether oxygens (including phenoxy) is 2. The third-order valence-electron chi connectivity index (χ3n) is 5.00. The van der Waals surface area contributed by atoms with Crippen molar-refractivity contribution in [1.82, 2.24) is 0 Å². The number of rotatable bonds is 4. The second-order valence-corrected chi connectivity index (χ2v) is 7.19. The van der Waals surface area contributed by atoms with Crippen molar-refractivity contribution in [1.29, 1.82) is 0 Å². The van der Waals surface area contributed by atoms with Crippen molar-refractivity contribution in [2.24, 2.45) is 0 Å². The summed E-state index contributed by atoms with van der Waals surface area (Å²) in [5.41, 5.74) is -0.173. The Kier molecular flexibility index (Phi) is 5.48. The van der Waals surface area contributed by atoms with Gasteiger partial charge in [-0.3, -0.25) is 4.79 Å². The molecular formula is C21H18O11. The predicted octanol–water partition coefficient (Wildman–Crippen LogP) is 0.142. The molecule has 0 unspecified atom stereocenters. The summed E-state index contributed by atoms with van der Waals surface area (Å²) in [4.78, 5) is 23.7. The zero-order chi connectivity index (χ0) is 23.2. The summed E-state index contributed by atoms with van der Waals surface area (Å²) in [5, 5.41) is 58.5. The number of phenols is 2. The number of aromatic hydroxyl groups is 2. The lowest BCUT2D eigenvalue weighted by Crippen LogP contribution is -2.61. The number of benzene rings is 2. The lowest BCUT2D eigenvalue weighted by Gasteiger charge is -2.38. The summed E-state index contributed by atoms with van der Waals surface area (Å²) in [6.07, 6.45) is -9.15. The second-order valence-electron chi connectivity index (χ2n) is 7.19. The molecule has 1 aliphatic rings. The molecule has 0 amide bonds. The maximum atomic E-state index is 12.5. The largest absolute Gasteiger partial charge is 0.508 e. The molecule has 0 radical (unpaired) electrons. The van der Waals surface area contributed by atoms with Gasteiger partial charge < -0.3 is 44.5 Å². The Morgan fingerprint density at radius 1 is 0.938 bits per heavy atom. The average Bonchev–Trinajstić information content (AvgIpc) is 2.73. The summed E-state index contributed by atoms with van der Waals surface area (Å²) >= 11 is 0. The van der Waals surface area contributed by atoms with Gasteiger partial charge in [0.15, 0.2) is 11.5 Å². The molecular weight excluding hydrogens is 428 g/mol. The van der Waals surface area contributed by atoms with Crippen molar-refractivity contribution in [2.45, 2.75) is 30.7 Å². The van der Waals surface area contributed by atoms with Crippen molar-refractivity contribution >= 4 is 16.9 Å². The van der Waals surface area contributed by atoms with E-state index >= 15 is 0 Å². The Bertz CT molecular complexity index is 1220. The van der Waals surface area contributed by atoms with E-state index in [2.05, 4.69) is 0 Å². The van der Waals surface area contributed by atoms with Gasteiger partial charge in [0, 0.05) is 23.8 Å². The van der Waals surface area contributed by atoms with Crippen LogP contribution in [0.5, 0.6) is 17.2 Å². The van der Waals surface area contributed by atoms with E-state index in [1.165, 1.54) is 30.3 Å². The number of phenolic OH excluding ortho intramolecular Hbond substituents is 2. The number of aliphatic carboxylic acids is 1. The summed E-state index contributed by atoms with van der Waals surface area (Å²) < 4.78 is 16.1. The van der Waals surface area contributed by atoms with Gasteiger partial charge in [0.1, 0.15) is 52.3 Å². The Hall–Kier alpha value is -3.64. The Morgan fingerprint density at radius 2 is 1.62 bits per heavy atom. The molecule has 0 saturated carbocycles. The molecule has 5 atom stereocenters. The summed E-state index contributed by atoms with van der Waals surface area (Å²) in [7, 11) is 0. The van der Waals surface area contributed by atoms with Gasteiger partial charge in [0.25, 0.3) is 0 Å². The molecule has 1 saturated heterocycles. The number of carboxylic acid groups (broad SMARTS) is 1. The SMILES string of the molecule is O=C(O)[C@H]1O[C@@H](Oc2cc(O)c3c(=O)cc(-c4ccc(O)cc4)oc3c2)[C@H](O)[C@H](O)[C@H]1O. The van der Waals surface area contributed by atoms with Crippen LogP contribution in [0.15, 0.2) is 51.7 Å². The molecule has 4 rings (SSSR count). The molecule has 0 aliphatic carbocycles. The quantitative estimate of drug-likeness (QED) is 0.320. The van der Waals surface area contributed by atoms with Crippen LogP contribution in [0.2, 0.25) is 0 Å². The van der Waals surface area contributed by atoms with Gasteiger partial charge in [-0.25, -0.2) is 4.79 Å². The highest BCUT2D eigenvalue weighted by Crippen LogP contribution is 2.33. The van der Waals surface area contributed by atoms with Crippen molar-refractivity contribution in [2.75, 3.05) is 0 Å². The molecule has 3 aromatic rings. The Balaban J connectivity index is 1.71. The van der Waals surface area contributed by atoms with Crippen molar-refractivity contribution in [3.63, 3.8) is 0 Å². The fourth-order valence-electron chi connectivity index (χ4n) is 3.36. The number of aliphatic hydroxyl groups excluding tert-OH is 3. The van der Waals surface area contributed by atoms with Crippen LogP contribution in [0.25, 0.3) is 22.3 Å². The monoisotopic (exact) mass is 446 g/mol. The molecule has 168 valence electrons. The minimum Gasteiger partial charge on any atom is -0.508 e. The highest BCUT2D eigenvalue weighted by atomic mass is 16.7. The number of carboxylic acids is 1. The molecule has 1 aliphatic heterocycles. The number of hydrogen-bond acceptors (Lipinski definition) is 10. The lowest BCUT2D eigenvalue weighted by atomic mass is 9.99. The van der Waals surface area contributed by atoms with E-state index in [1.54, 1.807) is 0 Å². The molecule has 2 heterocycles. The number of carbonyl (C=O) groups is 1. The number of aliphatic hydroxyl groups is 3. The summed E-state index contributed by atoms with van der Waals surface area (Å²) in [6, 6.07) is 9.24. The van der Waals surface area contributed by atoms with Crippen LogP contribution in [0.1, 0.15) is 0 Å². The fraction of sp³-hybridized carbons (Fsp3) is 0.238. The van der Waals surface area contributed by atoms with E-state index in [0.29, 0.717) is 5.56 Å². The predicted molar refractivity (Wildman–Crippen MR) is 106 cm³/mol. The van der Waals surface area contributed by atoms with Gasteiger partial charge in [-0.1, -0.05) is 0 Å². The standard InChI is InChI=1S/C21H18O11/c22-9-3-1-8(2-4-9)13-7-12(24)15-11(23)5-10(6-14(15)31-13)30-21-18(27)16(25)17(26)19(32-21)20(28)29/h1-7,16-19,21-23,25-27H,(H,28,29)/t16-,17-,18-,19+,21-/m1/s1. The van der Waals surface area contributed by atoms with Gasteiger partial charge in [0.2, 0.25) is 6.29 Å². The van der Waals surface area contributed by atoms with E-state index in [-0.39, 0.29) is 28.2 Å². The molecule has 6 N–H and O–H groups in total. The smallest absolute Gasteiger partial charge is 0.335 e. The Morgan fingerprint density at radius 3 is 2.28 bits per heavy atom. The molecule has 2 aromatic carbocycles. The molecule has 0 bridgehead atoms. The highest BCUT2D eigenvalue weighted by Gasteiger charge is 2.48. The van der Waals surface area contributed by atoms with E-state index in [4.69, 9.17) is 19.0 Å². The topological polar surface area (TPSA) is 187 Å². The second kappa shape index (κ2) is 8.13. The van der Waals surface area contributed by atoms with Gasteiger partial charge in [-0.05, 0) is 24.3 Å². The molecule has 11 heteroatoms. The fourth-order valence-corrected chi connectivity index (χ4v) is 3.36. The van der Waals surface area contributed by atoms with Gasteiger partial charge in [0.05, 0.1) is 0 Å². The van der Waals surface area contributed by atoms with Crippen LogP contribution in [0.3, 0.4) is 0 Å². The number of fused-ring (bicyclic) bond motifs is 1. The minimum atomic E-state index is -1.89. The summed E-state index contributed by atoms with van der Waals surface area (Å²) in [5.74, 6) is -2.11. The first-order chi connectivity index (χ1) is 15.2. The maximum Gasteiger partial charge on any atom is 0.335 e. The van der Waals surface area contributed by atoms with E-state index < -0.39 is 47.9 Å².